The molecule has 0 bridgehead atoms. The number of carbonyl (C=O) groups is 2. The van der Waals surface area contributed by atoms with Crippen molar-refractivity contribution in [2.24, 2.45) is 5.92 Å². The number of methoxy groups -OCH3 is 1. The summed E-state index contributed by atoms with van der Waals surface area (Å²) in [4.78, 5) is 28.5. The molecule has 164 valence electrons. The van der Waals surface area contributed by atoms with E-state index in [0.717, 1.165) is 32.4 Å². The average Bonchev–Trinajstić information content (AvgIpc) is 2.74. The number of benzene rings is 1. The molecule has 0 saturated carbocycles. The van der Waals surface area contributed by atoms with Gasteiger partial charge in [0.2, 0.25) is 5.91 Å². The predicted molar refractivity (Wildman–Crippen MR) is 123 cm³/mol. The highest BCUT2D eigenvalue weighted by molar-refractivity contribution is 6.05. The van der Waals surface area contributed by atoms with Gasteiger partial charge in [0.15, 0.2) is 0 Å². The first-order chi connectivity index (χ1) is 13.7. The number of hydrogen-bond donors (Lipinski definition) is 3. The fraction of sp³-hybridized carbons (Fsp3) is 0.381. The third kappa shape index (κ3) is 7.48. The molecular weight excluding hydrogens is 427 g/mol. The molecule has 3 N–H and O–H groups in total. The Hall–Kier alpha value is -2.35. The van der Waals surface area contributed by atoms with E-state index < -0.39 is 0 Å². The number of hydrogen-bond acceptors (Lipinski definition) is 5. The summed E-state index contributed by atoms with van der Waals surface area (Å²) in [5.41, 5.74) is 1.63. The van der Waals surface area contributed by atoms with Crippen LogP contribution in [-0.4, -0.2) is 37.0 Å². The normalized spacial score (nSPS) is 13.4. The number of nitrogens with one attached hydrogen (secondary N) is 3. The second-order valence-corrected chi connectivity index (χ2v) is 6.89. The second-order valence-electron chi connectivity index (χ2n) is 6.89. The van der Waals surface area contributed by atoms with Gasteiger partial charge in [-0.25, -0.2) is 0 Å². The number of piperidine rings is 1. The van der Waals surface area contributed by atoms with E-state index in [4.69, 9.17) is 4.74 Å². The number of halogens is 2. The summed E-state index contributed by atoms with van der Waals surface area (Å²) >= 11 is 0. The first kappa shape index (κ1) is 25.7. The van der Waals surface area contributed by atoms with Gasteiger partial charge in [-0.15, -0.1) is 24.8 Å². The number of anilines is 2. The molecule has 1 aromatic carbocycles. The van der Waals surface area contributed by atoms with E-state index in [0.29, 0.717) is 35.0 Å². The van der Waals surface area contributed by atoms with Crippen LogP contribution in [0.4, 0.5) is 11.4 Å². The lowest BCUT2D eigenvalue weighted by molar-refractivity contribution is -0.116. The second kappa shape index (κ2) is 13.1. The van der Waals surface area contributed by atoms with Crippen LogP contribution < -0.4 is 20.7 Å². The lowest BCUT2D eigenvalue weighted by Gasteiger charge is -2.22. The van der Waals surface area contributed by atoms with Gasteiger partial charge in [-0.3, -0.25) is 14.6 Å². The smallest absolute Gasteiger partial charge is 0.257 e. The number of nitrogens with zero attached hydrogens (tertiary/aromatic N) is 1. The van der Waals surface area contributed by atoms with Crippen LogP contribution in [0.1, 0.15) is 36.0 Å². The Kier molecular flexibility index (Phi) is 11.2. The highest BCUT2D eigenvalue weighted by Crippen LogP contribution is 2.28. The molecule has 2 amide bonds. The molecule has 7 nitrogen and oxygen atoms in total. The number of amides is 2. The molecule has 1 aliphatic heterocycles. The van der Waals surface area contributed by atoms with Gasteiger partial charge in [0.05, 0.1) is 18.4 Å². The minimum Gasteiger partial charge on any atom is -0.494 e. The van der Waals surface area contributed by atoms with Crippen molar-refractivity contribution in [2.75, 3.05) is 30.8 Å². The fourth-order valence-corrected chi connectivity index (χ4v) is 3.29. The lowest BCUT2D eigenvalue weighted by atomic mass is 9.93. The van der Waals surface area contributed by atoms with Crippen LogP contribution >= 0.6 is 24.8 Å². The molecule has 9 heteroatoms. The van der Waals surface area contributed by atoms with Gasteiger partial charge in [0, 0.05) is 30.6 Å². The number of rotatable bonds is 7. The Morgan fingerprint density at radius 3 is 2.60 bits per heavy atom. The summed E-state index contributed by atoms with van der Waals surface area (Å²) in [6.07, 6.45) is 6.79. The molecule has 1 fully saturated rings. The van der Waals surface area contributed by atoms with Crippen molar-refractivity contribution in [3.8, 4) is 5.75 Å². The van der Waals surface area contributed by atoms with E-state index in [1.165, 1.54) is 13.3 Å². The largest absolute Gasteiger partial charge is 0.494 e. The summed E-state index contributed by atoms with van der Waals surface area (Å²) < 4.78 is 5.37. The Balaban J connectivity index is 0.00000225. The molecule has 0 radical (unpaired) electrons. The summed E-state index contributed by atoms with van der Waals surface area (Å²) in [7, 11) is 1.53. The number of carbonyl (C=O) groups excluding carboxylic acids is 2. The minimum atomic E-state index is -0.273. The first-order valence-electron chi connectivity index (χ1n) is 9.55. The zero-order valence-electron chi connectivity index (χ0n) is 16.8. The van der Waals surface area contributed by atoms with Crippen molar-refractivity contribution in [3.05, 3.63) is 48.3 Å². The van der Waals surface area contributed by atoms with Gasteiger partial charge in [-0.05, 0) is 62.5 Å². The van der Waals surface area contributed by atoms with Crippen LogP contribution in [0.2, 0.25) is 0 Å². The molecule has 1 aromatic heterocycles. The summed E-state index contributed by atoms with van der Waals surface area (Å²) in [5.74, 6) is 0.817. The van der Waals surface area contributed by atoms with Gasteiger partial charge < -0.3 is 20.7 Å². The monoisotopic (exact) mass is 454 g/mol. The molecule has 0 atom stereocenters. The van der Waals surface area contributed by atoms with Crippen LogP contribution in [0.3, 0.4) is 0 Å². The zero-order valence-corrected chi connectivity index (χ0v) is 18.5. The van der Waals surface area contributed by atoms with Crippen LogP contribution in [0, 0.1) is 5.92 Å². The van der Waals surface area contributed by atoms with E-state index in [-0.39, 0.29) is 36.6 Å². The topological polar surface area (TPSA) is 92.4 Å². The predicted octanol–water partition coefficient (Wildman–Crippen LogP) is 3.90. The van der Waals surface area contributed by atoms with E-state index in [1.54, 1.807) is 36.5 Å². The maximum absolute atomic E-state index is 12.3. The maximum Gasteiger partial charge on any atom is 0.257 e. The van der Waals surface area contributed by atoms with Crippen LogP contribution in [-0.2, 0) is 4.79 Å². The van der Waals surface area contributed by atoms with Crippen LogP contribution in [0.15, 0.2) is 42.7 Å². The van der Waals surface area contributed by atoms with Gasteiger partial charge in [0.25, 0.3) is 5.91 Å². The lowest BCUT2D eigenvalue weighted by Crippen LogP contribution is -2.28. The van der Waals surface area contributed by atoms with Crippen molar-refractivity contribution in [3.63, 3.8) is 0 Å². The van der Waals surface area contributed by atoms with Crippen molar-refractivity contribution in [2.45, 2.75) is 25.7 Å². The minimum absolute atomic E-state index is 0. The number of ether oxygens (including phenoxy) is 1. The summed E-state index contributed by atoms with van der Waals surface area (Å²) in [6.45, 7) is 2.07. The molecule has 2 heterocycles. The Morgan fingerprint density at radius 2 is 1.93 bits per heavy atom. The van der Waals surface area contributed by atoms with Gasteiger partial charge in [-0.2, -0.15) is 0 Å². The highest BCUT2D eigenvalue weighted by Gasteiger charge is 2.15. The first-order valence-corrected chi connectivity index (χ1v) is 9.55. The quantitative estimate of drug-likeness (QED) is 0.589. The molecule has 30 heavy (non-hydrogen) atoms. The summed E-state index contributed by atoms with van der Waals surface area (Å²) in [6, 6.07) is 8.57. The molecule has 3 rings (SSSR count). The van der Waals surface area contributed by atoms with Crippen LogP contribution in [0.5, 0.6) is 5.75 Å². The maximum atomic E-state index is 12.3. The van der Waals surface area contributed by atoms with E-state index in [2.05, 4.69) is 20.9 Å². The third-order valence-electron chi connectivity index (χ3n) is 4.90. The van der Waals surface area contributed by atoms with E-state index in [9.17, 15) is 9.59 Å². The zero-order chi connectivity index (χ0) is 19.8. The standard InChI is InChI=1S/C21H26N4O3.2ClH/c1-28-19-13-17(24-20(26)7-4-15-8-11-22-12-9-15)5-6-18(19)25-21(27)16-3-2-10-23-14-16;;/h2-3,5-6,10,13-15,22H,4,7-9,11-12H2,1H3,(H,24,26)(H,25,27);2*1H. The Labute approximate surface area is 189 Å². The van der Waals surface area contributed by atoms with Gasteiger partial charge in [0.1, 0.15) is 5.75 Å². The molecule has 1 saturated heterocycles. The Bertz CT molecular complexity index is 815. The molecule has 1 aliphatic rings. The average molecular weight is 455 g/mol. The van der Waals surface area contributed by atoms with E-state index >= 15 is 0 Å². The van der Waals surface area contributed by atoms with E-state index in [1.807, 2.05) is 0 Å². The Morgan fingerprint density at radius 1 is 1.17 bits per heavy atom. The van der Waals surface area contributed by atoms with Crippen molar-refractivity contribution >= 4 is 48.0 Å². The van der Waals surface area contributed by atoms with Gasteiger partial charge in [-0.1, -0.05) is 0 Å². The summed E-state index contributed by atoms with van der Waals surface area (Å²) in [5, 5.41) is 9.05. The third-order valence-corrected chi connectivity index (χ3v) is 4.90. The number of pyridine rings is 1. The van der Waals surface area contributed by atoms with Crippen molar-refractivity contribution in [1.29, 1.82) is 0 Å². The molecule has 0 spiro atoms. The fourth-order valence-electron chi connectivity index (χ4n) is 3.29. The van der Waals surface area contributed by atoms with Crippen molar-refractivity contribution in [1.82, 2.24) is 10.3 Å². The highest BCUT2D eigenvalue weighted by atomic mass is 35.5. The number of aromatic nitrogens is 1. The SMILES string of the molecule is COc1cc(NC(=O)CCC2CCNCC2)ccc1NC(=O)c1cccnc1.Cl.Cl. The molecular formula is C21H28Cl2N4O3. The van der Waals surface area contributed by atoms with Crippen LogP contribution in [0.25, 0.3) is 0 Å². The van der Waals surface area contributed by atoms with Gasteiger partial charge >= 0.3 is 0 Å². The molecule has 0 aliphatic carbocycles. The molecule has 2 aromatic rings. The molecule has 0 unspecified atom stereocenters. The van der Waals surface area contributed by atoms with Crippen molar-refractivity contribution < 1.29 is 14.3 Å².